The van der Waals surface area contributed by atoms with Gasteiger partial charge >= 0.3 is 24.2 Å². The van der Waals surface area contributed by atoms with E-state index in [2.05, 4.69) is 10.6 Å². The highest BCUT2D eigenvalue weighted by Crippen LogP contribution is 2.44. The van der Waals surface area contributed by atoms with Crippen molar-refractivity contribution in [1.82, 2.24) is 5.32 Å². The van der Waals surface area contributed by atoms with Gasteiger partial charge in [0, 0.05) is 50.8 Å². The van der Waals surface area contributed by atoms with Gasteiger partial charge < -0.3 is 43.8 Å². The van der Waals surface area contributed by atoms with E-state index in [0.717, 1.165) is 48.2 Å². The highest BCUT2D eigenvalue weighted by molar-refractivity contribution is 5.92. The Kier molecular flexibility index (Phi) is 14.1. The zero-order valence-electron chi connectivity index (χ0n) is 34.0. The van der Waals surface area contributed by atoms with Crippen molar-refractivity contribution in [3.05, 3.63) is 118 Å². The first-order valence-corrected chi connectivity index (χ1v) is 19.5. The summed E-state index contributed by atoms with van der Waals surface area (Å²) in [5.41, 5.74) is 4.35. The van der Waals surface area contributed by atoms with Gasteiger partial charge in [0.1, 0.15) is 30.8 Å². The van der Waals surface area contributed by atoms with Crippen LogP contribution >= 0.6 is 0 Å². The lowest BCUT2D eigenvalue weighted by atomic mass is 9.88. The fourth-order valence-corrected chi connectivity index (χ4v) is 7.25. The van der Waals surface area contributed by atoms with Crippen molar-refractivity contribution in [2.75, 3.05) is 18.5 Å². The number of rotatable bonds is 15. The van der Waals surface area contributed by atoms with Gasteiger partial charge in [-0.05, 0) is 59.0 Å². The molecule has 1 aliphatic carbocycles. The van der Waals surface area contributed by atoms with Crippen molar-refractivity contribution in [1.29, 1.82) is 0 Å². The molecule has 4 aromatic rings. The topological polar surface area (TPSA) is 234 Å². The number of nitrogens with one attached hydrogen (secondary N) is 2. The van der Waals surface area contributed by atoms with Crippen LogP contribution in [0.5, 0.6) is 11.5 Å². The molecule has 1 aliphatic heterocycles. The minimum atomic E-state index is -1.53. The molecule has 0 radical (unpaired) electrons. The first-order valence-electron chi connectivity index (χ1n) is 19.5. The van der Waals surface area contributed by atoms with Crippen LogP contribution in [0.15, 0.2) is 91.0 Å². The zero-order chi connectivity index (χ0) is 44.5. The van der Waals surface area contributed by atoms with Gasteiger partial charge in [0.15, 0.2) is 11.9 Å². The molecule has 1 fully saturated rings. The van der Waals surface area contributed by atoms with E-state index in [9.17, 15) is 38.9 Å². The maximum absolute atomic E-state index is 13.4. The normalized spacial score (nSPS) is 18.8. The minimum Gasteiger partial charge on any atom is -0.459 e. The number of esters is 2. The number of nitro benzene ring substituents is 1. The SMILES string of the molecule is CC(=O)O[C@H]1[C@H](Oc2ccc(COC(=O)Oc3ccc([N+](=O)[O-])cc3)cc2NC(=O)CCNC(=O)OCC2c3ccccc3-c3ccccc32)O[C@H](C(C)=O)[C@@H](C)[C@@H]1OC(C)=O. The molecule has 18 heteroatoms. The average Bonchev–Trinajstić information content (AvgIpc) is 3.55. The Morgan fingerprint density at radius 2 is 1.42 bits per heavy atom. The Bertz CT molecular complexity index is 2300. The second-order valence-corrected chi connectivity index (χ2v) is 14.4. The molecule has 2 aliphatic rings. The summed E-state index contributed by atoms with van der Waals surface area (Å²) in [6.45, 7) is 4.72. The van der Waals surface area contributed by atoms with Gasteiger partial charge in [-0.1, -0.05) is 61.5 Å². The number of carbonyl (C=O) groups excluding carboxylic acids is 6. The van der Waals surface area contributed by atoms with E-state index in [1.165, 1.54) is 37.3 Å². The molecule has 62 heavy (non-hydrogen) atoms. The largest absolute Gasteiger partial charge is 0.514 e. The summed E-state index contributed by atoms with van der Waals surface area (Å²) < 4.78 is 39.1. The highest BCUT2D eigenvalue weighted by atomic mass is 16.7. The first kappa shape index (κ1) is 44.2. The molecule has 0 aromatic heterocycles. The van der Waals surface area contributed by atoms with E-state index in [0.29, 0.717) is 5.56 Å². The number of benzene rings is 4. The molecule has 2 N–H and O–H groups in total. The fraction of sp³-hybridized carbons (Fsp3) is 0.318. The standard InChI is InChI=1S/C44H43N3O15/c1-24-39(25(2)48)62-42(41(59-27(4)50)40(24)58-26(3)49)61-37-18-13-28(22-57-44(53)60-30-16-14-29(15-17-30)47(54)55)21-36(37)46-38(51)19-20-45-43(52)56-23-35-33-11-7-5-9-31(33)32-10-6-8-12-34(32)35/h5-18,21,24,35,39-42H,19-20,22-23H2,1-4H3,(H,45,52)(H,46,51)/t24-,39+,40+,41-,42-/m1/s1. The molecule has 6 rings (SSSR count). The zero-order valence-corrected chi connectivity index (χ0v) is 34.0. The molecule has 18 nitrogen and oxygen atoms in total. The summed E-state index contributed by atoms with van der Waals surface area (Å²) in [7, 11) is 0. The summed E-state index contributed by atoms with van der Waals surface area (Å²) in [5, 5.41) is 16.2. The molecule has 0 saturated carbocycles. The number of Topliss-reactive ketones (excluding diaryl/α,β-unsaturated/α-hetero) is 1. The van der Waals surface area contributed by atoms with E-state index < -0.39 is 71.3 Å². The van der Waals surface area contributed by atoms with Crippen molar-refractivity contribution in [2.24, 2.45) is 5.92 Å². The van der Waals surface area contributed by atoms with E-state index in [-0.39, 0.29) is 55.0 Å². The van der Waals surface area contributed by atoms with Crippen LogP contribution in [0.3, 0.4) is 0 Å². The van der Waals surface area contributed by atoms with Crippen LogP contribution in [0.2, 0.25) is 0 Å². The van der Waals surface area contributed by atoms with E-state index >= 15 is 0 Å². The van der Waals surface area contributed by atoms with Gasteiger partial charge in [-0.2, -0.15) is 0 Å². The third-order valence-corrected chi connectivity index (χ3v) is 10.0. The van der Waals surface area contributed by atoms with Gasteiger partial charge in [0.25, 0.3) is 5.69 Å². The van der Waals surface area contributed by atoms with Gasteiger partial charge in [0.05, 0.1) is 10.6 Å². The van der Waals surface area contributed by atoms with Crippen LogP contribution in [0.4, 0.5) is 21.0 Å². The molecule has 0 bridgehead atoms. The molecule has 1 heterocycles. The number of non-ortho nitro benzene ring substituents is 1. The van der Waals surface area contributed by atoms with Gasteiger partial charge in [-0.25, -0.2) is 9.59 Å². The number of amides is 2. The second-order valence-electron chi connectivity index (χ2n) is 14.4. The molecular formula is C44H43N3O15. The maximum Gasteiger partial charge on any atom is 0.514 e. The number of nitrogens with zero attached hydrogens (tertiary/aromatic N) is 1. The minimum absolute atomic E-state index is 0.00758. The van der Waals surface area contributed by atoms with E-state index in [1.54, 1.807) is 6.92 Å². The number of hydrogen-bond donors (Lipinski definition) is 2. The van der Waals surface area contributed by atoms with Crippen LogP contribution < -0.4 is 20.1 Å². The number of fused-ring (bicyclic) bond motifs is 3. The highest BCUT2D eigenvalue weighted by Gasteiger charge is 2.50. The molecular weight excluding hydrogens is 810 g/mol. The molecule has 1 saturated heterocycles. The Morgan fingerprint density at radius 1 is 0.790 bits per heavy atom. The average molecular weight is 854 g/mol. The Morgan fingerprint density at radius 3 is 2.03 bits per heavy atom. The third-order valence-electron chi connectivity index (χ3n) is 10.0. The number of hydrogen-bond acceptors (Lipinski definition) is 15. The quantitative estimate of drug-likeness (QED) is 0.0435. The lowest BCUT2D eigenvalue weighted by Crippen LogP contribution is -2.59. The molecule has 5 atom stereocenters. The number of ketones is 1. The van der Waals surface area contributed by atoms with Gasteiger partial charge in [-0.3, -0.25) is 29.3 Å². The van der Waals surface area contributed by atoms with Crippen molar-refractivity contribution in [2.45, 2.75) is 71.2 Å². The monoisotopic (exact) mass is 853 g/mol. The fourth-order valence-electron chi connectivity index (χ4n) is 7.25. The molecule has 324 valence electrons. The number of anilines is 1. The number of ether oxygens (including phenoxy) is 7. The predicted molar refractivity (Wildman–Crippen MR) is 217 cm³/mol. The van der Waals surface area contributed by atoms with Crippen LogP contribution in [-0.4, -0.2) is 78.6 Å². The van der Waals surface area contributed by atoms with Crippen LogP contribution in [-0.2, 0) is 49.5 Å². The Balaban J connectivity index is 1.15. The van der Waals surface area contributed by atoms with Crippen molar-refractivity contribution >= 4 is 47.3 Å². The summed E-state index contributed by atoms with van der Waals surface area (Å²) >= 11 is 0. The molecule has 0 spiro atoms. The first-order chi connectivity index (χ1) is 29.7. The van der Waals surface area contributed by atoms with Crippen LogP contribution in [0, 0.1) is 16.0 Å². The lowest BCUT2D eigenvalue weighted by molar-refractivity contribution is -0.384. The Labute approximate surface area is 354 Å². The second kappa shape index (κ2) is 19.8. The predicted octanol–water partition coefficient (Wildman–Crippen LogP) is 6.37. The van der Waals surface area contributed by atoms with E-state index in [4.69, 9.17) is 33.2 Å². The van der Waals surface area contributed by atoms with Gasteiger partial charge in [0.2, 0.25) is 18.3 Å². The molecule has 2 amide bonds. The summed E-state index contributed by atoms with van der Waals surface area (Å²) in [5.74, 6) is -3.48. The van der Waals surface area contributed by atoms with Crippen molar-refractivity contribution in [3.63, 3.8) is 0 Å². The summed E-state index contributed by atoms with van der Waals surface area (Å²) in [4.78, 5) is 86.1. The van der Waals surface area contributed by atoms with Crippen LogP contribution in [0.25, 0.3) is 11.1 Å². The Hall–Kier alpha value is -7.34. The van der Waals surface area contributed by atoms with Crippen molar-refractivity contribution < 1.29 is 66.8 Å². The molecule has 0 unspecified atom stereocenters. The summed E-state index contributed by atoms with van der Waals surface area (Å²) in [6.07, 6.45) is -7.30. The maximum atomic E-state index is 13.4. The van der Waals surface area contributed by atoms with Crippen molar-refractivity contribution in [3.8, 4) is 22.6 Å². The smallest absolute Gasteiger partial charge is 0.459 e. The summed E-state index contributed by atoms with van der Waals surface area (Å²) in [6, 6.07) is 24.8. The van der Waals surface area contributed by atoms with E-state index in [1.807, 2.05) is 48.5 Å². The number of carbonyl (C=O) groups is 6. The third kappa shape index (κ3) is 10.9. The number of nitro groups is 1. The van der Waals surface area contributed by atoms with Crippen LogP contribution in [0.1, 0.15) is 56.7 Å². The number of alkyl carbamates (subject to hydrolysis) is 1. The van der Waals surface area contributed by atoms with Gasteiger partial charge in [-0.15, -0.1) is 0 Å². The lowest BCUT2D eigenvalue weighted by Gasteiger charge is -2.43. The molecule has 4 aromatic carbocycles.